The molecule has 112 valence electrons. The van der Waals surface area contributed by atoms with Crippen LogP contribution in [0.1, 0.15) is 11.4 Å². The molecule has 5 nitrogen and oxygen atoms in total. The number of para-hydroxylation sites is 2. The second kappa shape index (κ2) is 5.77. The Morgan fingerprint density at radius 3 is 2.81 bits per heavy atom. The molecule has 5 heteroatoms. The highest BCUT2D eigenvalue weighted by Gasteiger charge is 2.28. The highest BCUT2D eigenvalue weighted by atomic mass is 16.6. The van der Waals surface area contributed by atoms with E-state index < -0.39 is 0 Å². The van der Waals surface area contributed by atoms with Crippen molar-refractivity contribution in [3.8, 4) is 11.5 Å². The maximum Gasteiger partial charge on any atom is 0.161 e. The molecule has 0 fully saturated rings. The molecule has 0 amide bonds. The van der Waals surface area contributed by atoms with Crippen LogP contribution in [0.3, 0.4) is 0 Å². The molecule has 3 rings (SSSR count). The van der Waals surface area contributed by atoms with Gasteiger partial charge in [-0.1, -0.05) is 12.1 Å². The third kappa shape index (κ3) is 2.88. The number of hydrogen-bond donors (Lipinski definition) is 1. The number of nitrogens with zero attached hydrogens (tertiary/aromatic N) is 2. The minimum absolute atomic E-state index is 0.0138. The largest absolute Gasteiger partial charge is 0.486 e. The lowest BCUT2D eigenvalue weighted by atomic mass is 10.0. The maximum atomic E-state index is 6.09. The van der Waals surface area contributed by atoms with Gasteiger partial charge in [-0.15, -0.1) is 0 Å². The number of aromatic nitrogens is 2. The number of benzene rings is 1. The molecule has 0 spiro atoms. The first kappa shape index (κ1) is 13.9. The predicted octanol–water partition coefficient (Wildman–Crippen LogP) is 1.70. The number of ether oxygens (including phenoxy) is 2. The summed E-state index contributed by atoms with van der Waals surface area (Å²) in [7, 11) is 3.93. The van der Waals surface area contributed by atoms with E-state index in [2.05, 4.69) is 16.5 Å². The molecule has 0 aliphatic carbocycles. The lowest BCUT2D eigenvalue weighted by Crippen LogP contribution is -2.48. The lowest BCUT2D eigenvalue weighted by Gasteiger charge is -2.32. The molecule has 1 aliphatic rings. The third-order valence-corrected chi connectivity index (χ3v) is 3.88. The van der Waals surface area contributed by atoms with Crippen LogP contribution >= 0.6 is 0 Å². The molecule has 0 radical (unpaired) electrons. The summed E-state index contributed by atoms with van der Waals surface area (Å²) in [5.41, 5.74) is 2.22. The van der Waals surface area contributed by atoms with Crippen molar-refractivity contribution in [1.82, 2.24) is 15.1 Å². The van der Waals surface area contributed by atoms with Gasteiger partial charge in [-0.3, -0.25) is 4.68 Å². The van der Waals surface area contributed by atoms with Crippen molar-refractivity contribution in [3.63, 3.8) is 0 Å². The predicted molar refractivity (Wildman–Crippen MR) is 80.8 cm³/mol. The molecule has 2 unspecified atom stereocenters. The lowest BCUT2D eigenvalue weighted by molar-refractivity contribution is 0.0636. The van der Waals surface area contributed by atoms with E-state index in [1.165, 1.54) is 5.69 Å². The summed E-state index contributed by atoms with van der Waals surface area (Å²) >= 11 is 0. The Kier molecular flexibility index (Phi) is 3.84. The van der Waals surface area contributed by atoms with Crippen LogP contribution in [0, 0.1) is 6.92 Å². The van der Waals surface area contributed by atoms with Crippen LogP contribution in [0.15, 0.2) is 30.3 Å². The normalized spacial score (nSPS) is 18.5. The van der Waals surface area contributed by atoms with Crippen LogP contribution in [0.2, 0.25) is 0 Å². The summed E-state index contributed by atoms with van der Waals surface area (Å²) in [6.45, 7) is 2.56. The van der Waals surface area contributed by atoms with Gasteiger partial charge in [0.25, 0.3) is 0 Å². The van der Waals surface area contributed by atoms with Gasteiger partial charge < -0.3 is 14.8 Å². The summed E-state index contributed by atoms with van der Waals surface area (Å²) in [5.74, 6) is 1.63. The number of fused-ring (bicyclic) bond motifs is 1. The Morgan fingerprint density at radius 2 is 2.14 bits per heavy atom. The minimum atomic E-state index is -0.0138. The Balaban J connectivity index is 1.74. The second-order valence-electron chi connectivity index (χ2n) is 5.41. The molecule has 2 heterocycles. The second-order valence-corrected chi connectivity index (χ2v) is 5.41. The Bertz CT molecular complexity index is 624. The Labute approximate surface area is 124 Å². The zero-order valence-electron chi connectivity index (χ0n) is 12.7. The van der Waals surface area contributed by atoms with Gasteiger partial charge in [0.1, 0.15) is 12.7 Å². The van der Waals surface area contributed by atoms with E-state index in [0.717, 1.165) is 23.6 Å². The molecule has 1 aliphatic heterocycles. The molecule has 1 aromatic heterocycles. The van der Waals surface area contributed by atoms with Gasteiger partial charge >= 0.3 is 0 Å². The minimum Gasteiger partial charge on any atom is -0.486 e. The number of aryl methyl sites for hydroxylation is 2. The monoisotopic (exact) mass is 287 g/mol. The first-order valence-corrected chi connectivity index (χ1v) is 7.22. The van der Waals surface area contributed by atoms with E-state index in [1.807, 2.05) is 50.0 Å². The molecule has 1 aromatic carbocycles. The summed E-state index contributed by atoms with van der Waals surface area (Å²) in [5, 5.41) is 7.74. The molecular formula is C16H21N3O2. The van der Waals surface area contributed by atoms with Crippen molar-refractivity contribution < 1.29 is 9.47 Å². The van der Waals surface area contributed by atoms with E-state index in [1.54, 1.807) is 0 Å². The first-order valence-electron chi connectivity index (χ1n) is 7.22. The fourth-order valence-electron chi connectivity index (χ4n) is 2.73. The van der Waals surface area contributed by atoms with E-state index in [4.69, 9.17) is 9.47 Å². The maximum absolute atomic E-state index is 6.09. The third-order valence-electron chi connectivity index (χ3n) is 3.88. The Hall–Kier alpha value is -2.01. The van der Waals surface area contributed by atoms with E-state index >= 15 is 0 Å². The van der Waals surface area contributed by atoms with Crippen molar-refractivity contribution in [1.29, 1.82) is 0 Å². The van der Waals surface area contributed by atoms with Crippen LogP contribution < -0.4 is 14.8 Å². The van der Waals surface area contributed by atoms with Gasteiger partial charge in [0.2, 0.25) is 0 Å². The summed E-state index contributed by atoms with van der Waals surface area (Å²) in [6.07, 6.45) is 0.837. The van der Waals surface area contributed by atoms with Gasteiger partial charge in [0.15, 0.2) is 11.5 Å². The van der Waals surface area contributed by atoms with Gasteiger partial charge in [-0.25, -0.2) is 0 Å². The van der Waals surface area contributed by atoms with Gasteiger partial charge in [-0.2, -0.15) is 5.10 Å². The van der Waals surface area contributed by atoms with Crippen LogP contribution in [0.4, 0.5) is 0 Å². The molecule has 0 bridgehead atoms. The van der Waals surface area contributed by atoms with Crippen molar-refractivity contribution in [3.05, 3.63) is 41.7 Å². The fraction of sp³-hybridized carbons (Fsp3) is 0.438. The summed E-state index contributed by atoms with van der Waals surface area (Å²) < 4.78 is 13.8. The zero-order valence-corrected chi connectivity index (χ0v) is 12.7. The molecule has 0 saturated carbocycles. The molecular weight excluding hydrogens is 266 g/mol. The van der Waals surface area contributed by atoms with Gasteiger partial charge in [-0.05, 0) is 32.2 Å². The fourth-order valence-corrected chi connectivity index (χ4v) is 2.73. The molecule has 2 aromatic rings. The number of rotatable bonds is 4. The highest BCUT2D eigenvalue weighted by Crippen LogP contribution is 2.31. The van der Waals surface area contributed by atoms with Crippen LogP contribution in [0.5, 0.6) is 11.5 Å². The van der Waals surface area contributed by atoms with E-state index in [0.29, 0.717) is 6.61 Å². The number of nitrogens with one attached hydrogen (secondary N) is 1. The van der Waals surface area contributed by atoms with Crippen LogP contribution in [-0.4, -0.2) is 35.6 Å². The SMILES string of the molecule is CNC(Cc1cc(C)nn1C)C1COc2ccccc2O1. The van der Waals surface area contributed by atoms with Crippen molar-refractivity contribution >= 4 is 0 Å². The average Bonchev–Trinajstić information content (AvgIpc) is 2.82. The molecule has 0 saturated heterocycles. The van der Waals surface area contributed by atoms with Crippen LogP contribution in [-0.2, 0) is 13.5 Å². The molecule has 2 atom stereocenters. The number of hydrogen-bond acceptors (Lipinski definition) is 4. The van der Waals surface area contributed by atoms with Gasteiger partial charge in [0.05, 0.1) is 11.7 Å². The van der Waals surface area contributed by atoms with Crippen LogP contribution in [0.25, 0.3) is 0 Å². The highest BCUT2D eigenvalue weighted by molar-refractivity contribution is 5.40. The van der Waals surface area contributed by atoms with E-state index in [9.17, 15) is 0 Å². The first-order chi connectivity index (χ1) is 10.2. The Morgan fingerprint density at radius 1 is 1.38 bits per heavy atom. The summed E-state index contributed by atoms with van der Waals surface area (Å²) in [6, 6.07) is 10.1. The van der Waals surface area contributed by atoms with Crippen molar-refractivity contribution in [2.24, 2.45) is 7.05 Å². The molecule has 1 N–H and O–H groups in total. The number of likely N-dealkylation sites (N-methyl/N-ethyl adjacent to an activating group) is 1. The standard InChI is InChI=1S/C16H21N3O2/c1-11-8-12(19(3)18-11)9-13(17-2)16-10-20-14-6-4-5-7-15(14)21-16/h4-8,13,16-17H,9-10H2,1-3H3. The van der Waals surface area contributed by atoms with E-state index in [-0.39, 0.29) is 12.1 Å². The van der Waals surface area contributed by atoms with Crippen molar-refractivity contribution in [2.75, 3.05) is 13.7 Å². The topological polar surface area (TPSA) is 48.3 Å². The quantitative estimate of drug-likeness (QED) is 0.930. The van der Waals surface area contributed by atoms with Crippen molar-refractivity contribution in [2.45, 2.75) is 25.5 Å². The summed E-state index contributed by atoms with van der Waals surface area (Å²) in [4.78, 5) is 0. The van der Waals surface area contributed by atoms with Gasteiger partial charge in [0, 0.05) is 19.2 Å². The zero-order chi connectivity index (χ0) is 14.8. The smallest absolute Gasteiger partial charge is 0.161 e. The average molecular weight is 287 g/mol. The molecule has 21 heavy (non-hydrogen) atoms.